The number of aliphatic hydroxyl groups is 1. The van der Waals surface area contributed by atoms with Gasteiger partial charge in [0.1, 0.15) is 0 Å². The van der Waals surface area contributed by atoms with Gasteiger partial charge in [0.2, 0.25) is 5.88 Å². The van der Waals surface area contributed by atoms with Crippen LogP contribution < -0.4 is 10.1 Å². The molecule has 0 bridgehead atoms. The number of hydrogen-bond acceptors (Lipinski definition) is 5. The summed E-state index contributed by atoms with van der Waals surface area (Å²) < 4.78 is 5.00. The fraction of sp³-hybridized carbons (Fsp3) is 0.643. The van der Waals surface area contributed by atoms with Crippen molar-refractivity contribution in [2.45, 2.75) is 26.5 Å². The molecule has 0 saturated carbocycles. The smallest absolute Gasteiger partial charge is 0.212 e. The van der Waals surface area contributed by atoms with Crippen molar-refractivity contribution in [2.75, 3.05) is 33.3 Å². The van der Waals surface area contributed by atoms with Crippen LogP contribution in [0, 0.1) is 0 Å². The summed E-state index contributed by atoms with van der Waals surface area (Å²) in [6, 6.07) is 3.80. The lowest BCUT2D eigenvalue weighted by molar-refractivity contribution is 0.116. The maximum Gasteiger partial charge on any atom is 0.212 e. The van der Waals surface area contributed by atoms with Gasteiger partial charge in [0.05, 0.1) is 13.2 Å². The molecular weight excluding hydrogens is 242 g/mol. The van der Waals surface area contributed by atoms with Crippen LogP contribution in [0.1, 0.15) is 19.4 Å². The molecule has 108 valence electrons. The molecule has 0 radical (unpaired) electrons. The lowest BCUT2D eigenvalue weighted by Gasteiger charge is -2.22. The highest BCUT2D eigenvalue weighted by molar-refractivity contribution is 5.17. The van der Waals surface area contributed by atoms with Crippen molar-refractivity contribution in [3.05, 3.63) is 23.9 Å². The Morgan fingerprint density at radius 1 is 1.37 bits per heavy atom. The molecule has 5 heteroatoms. The maximum atomic E-state index is 9.90. The van der Waals surface area contributed by atoms with E-state index in [0.29, 0.717) is 25.5 Å². The molecule has 0 aliphatic heterocycles. The molecule has 0 amide bonds. The van der Waals surface area contributed by atoms with Crippen LogP contribution in [0.3, 0.4) is 0 Å². The van der Waals surface area contributed by atoms with E-state index < -0.39 is 0 Å². The van der Waals surface area contributed by atoms with E-state index in [0.717, 1.165) is 18.7 Å². The van der Waals surface area contributed by atoms with Gasteiger partial charge < -0.3 is 20.1 Å². The Bertz CT molecular complexity index is 339. The fourth-order valence-electron chi connectivity index (χ4n) is 1.86. The molecule has 1 aromatic heterocycles. The van der Waals surface area contributed by atoms with Crippen LogP contribution >= 0.6 is 0 Å². The minimum atomic E-state index is -0.342. The number of rotatable bonds is 9. The maximum absolute atomic E-state index is 9.90. The van der Waals surface area contributed by atoms with Gasteiger partial charge in [0.25, 0.3) is 0 Å². The number of hydrogen-bond donors (Lipinski definition) is 2. The molecule has 19 heavy (non-hydrogen) atoms. The van der Waals surface area contributed by atoms with E-state index in [1.165, 1.54) is 0 Å². The lowest BCUT2D eigenvalue weighted by atomic mass is 10.2. The summed E-state index contributed by atoms with van der Waals surface area (Å²) in [5, 5.41) is 13.1. The second-order valence-corrected chi connectivity index (χ2v) is 4.48. The number of pyridine rings is 1. The van der Waals surface area contributed by atoms with Gasteiger partial charge in [-0.2, -0.15) is 0 Å². The average Bonchev–Trinajstić information content (AvgIpc) is 2.45. The number of nitrogens with zero attached hydrogens (tertiary/aromatic N) is 2. The fourth-order valence-corrected chi connectivity index (χ4v) is 1.86. The predicted octanol–water partition coefficient (Wildman–Crippen LogP) is 0.882. The first-order chi connectivity index (χ1) is 9.19. The molecule has 1 aromatic rings. The minimum absolute atomic E-state index is 0.342. The SMILES string of the molecule is CCN(CC)CC(O)CNCc1ccc(OC)nc1. The van der Waals surface area contributed by atoms with Crippen molar-refractivity contribution in [3.8, 4) is 5.88 Å². The van der Waals surface area contributed by atoms with Gasteiger partial charge in [-0.3, -0.25) is 0 Å². The third-order valence-electron chi connectivity index (χ3n) is 3.08. The number of nitrogens with one attached hydrogen (secondary N) is 1. The van der Waals surface area contributed by atoms with Crippen LogP contribution in [0.25, 0.3) is 0 Å². The van der Waals surface area contributed by atoms with Crippen molar-refractivity contribution in [1.29, 1.82) is 0 Å². The predicted molar refractivity (Wildman–Crippen MR) is 76.3 cm³/mol. The summed E-state index contributed by atoms with van der Waals surface area (Å²) in [5.41, 5.74) is 1.08. The Morgan fingerprint density at radius 3 is 2.63 bits per heavy atom. The van der Waals surface area contributed by atoms with E-state index in [-0.39, 0.29) is 6.10 Å². The van der Waals surface area contributed by atoms with Crippen molar-refractivity contribution in [1.82, 2.24) is 15.2 Å². The van der Waals surface area contributed by atoms with Gasteiger partial charge in [-0.25, -0.2) is 4.98 Å². The molecule has 0 saturated heterocycles. The second kappa shape index (κ2) is 8.85. The van der Waals surface area contributed by atoms with E-state index in [1.807, 2.05) is 12.1 Å². The molecule has 5 nitrogen and oxygen atoms in total. The zero-order valence-electron chi connectivity index (χ0n) is 12.1. The summed E-state index contributed by atoms with van der Waals surface area (Å²) >= 11 is 0. The quantitative estimate of drug-likeness (QED) is 0.695. The van der Waals surface area contributed by atoms with Crippen LogP contribution in [0.4, 0.5) is 0 Å². The molecule has 0 aliphatic carbocycles. The standard InChI is InChI=1S/C14H25N3O2/c1-4-17(5-2)11-13(18)10-15-8-12-6-7-14(19-3)16-9-12/h6-7,9,13,15,18H,4-5,8,10-11H2,1-3H3. The Hall–Kier alpha value is -1.17. The number of likely N-dealkylation sites (N-methyl/N-ethyl adjacent to an activating group) is 1. The van der Waals surface area contributed by atoms with Crippen LogP contribution in [0.2, 0.25) is 0 Å². The summed E-state index contributed by atoms with van der Waals surface area (Å²) in [4.78, 5) is 6.35. The topological polar surface area (TPSA) is 57.6 Å². The summed E-state index contributed by atoms with van der Waals surface area (Å²) in [6.45, 7) is 8.14. The summed E-state index contributed by atoms with van der Waals surface area (Å²) in [7, 11) is 1.60. The molecule has 1 rings (SSSR count). The highest BCUT2D eigenvalue weighted by Crippen LogP contribution is 2.06. The summed E-state index contributed by atoms with van der Waals surface area (Å²) in [6.07, 6.45) is 1.44. The van der Waals surface area contributed by atoms with Gasteiger partial charge in [0, 0.05) is 31.9 Å². The van der Waals surface area contributed by atoms with Gasteiger partial charge >= 0.3 is 0 Å². The Morgan fingerprint density at radius 2 is 2.11 bits per heavy atom. The molecule has 0 aromatic carbocycles. The van der Waals surface area contributed by atoms with E-state index in [4.69, 9.17) is 4.74 Å². The first-order valence-corrected chi connectivity index (χ1v) is 6.79. The molecule has 1 atom stereocenters. The molecule has 1 heterocycles. The van der Waals surface area contributed by atoms with Gasteiger partial charge in [-0.05, 0) is 18.7 Å². The highest BCUT2D eigenvalue weighted by Gasteiger charge is 2.08. The largest absolute Gasteiger partial charge is 0.481 e. The number of ether oxygens (including phenoxy) is 1. The summed E-state index contributed by atoms with van der Waals surface area (Å²) in [5.74, 6) is 0.616. The number of aromatic nitrogens is 1. The highest BCUT2D eigenvalue weighted by atomic mass is 16.5. The van der Waals surface area contributed by atoms with Crippen molar-refractivity contribution in [2.24, 2.45) is 0 Å². The van der Waals surface area contributed by atoms with Gasteiger partial charge in [0.15, 0.2) is 0 Å². The zero-order valence-corrected chi connectivity index (χ0v) is 12.1. The van der Waals surface area contributed by atoms with E-state index in [1.54, 1.807) is 13.3 Å². The molecule has 0 fully saturated rings. The number of aliphatic hydroxyl groups excluding tert-OH is 1. The van der Waals surface area contributed by atoms with Crippen LogP contribution in [0.5, 0.6) is 5.88 Å². The Balaban J connectivity index is 2.25. The first-order valence-electron chi connectivity index (χ1n) is 6.79. The molecular formula is C14H25N3O2. The van der Waals surface area contributed by atoms with E-state index in [2.05, 4.69) is 29.0 Å². The van der Waals surface area contributed by atoms with Crippen molar-refractivity contribution < 1.29 is 9.84 Å². The average molecular weight is 267 g/mol. The molecule has 2 N–H and O–H groups in total. The lowest BCUT2D eigenvalue weighted by Crippen LogP contribution is -2.38. The Labute approximate surface area is 115 Å². The van der Waals surface area contributed by atoms with Crippen molar-refractivity contribution >= 4 is 0 Å². The first kappa shape index (κ1) is 15.9. The normalized spacial score (nSPS) is 12.7. The second-order valence-electron chi connectivity index (χ2n) is 4.48. The third kappa shape index (κ3) is 6.00. The number of methoxy groups -OCH3 is 1. The minimum Gasteiger partial charge on any atom is -0.481 e. The van der Waals surface area contributed by atoms with Crippen LogP contribution in [-0.2, 0) is 6.54 Å². The van der Waals surface area contributed by atoms with E-state index in [9.17, 15) is 5.11 Å². The Kier molecular flexibility index (Phi) is 7.40. The van der Waals surface area contributed by atoms with Crippen molar-refractivity contribution in [3.63, 3.8) is 0 Å². The van der Waals surface area contributed by atoms with Crippen LogP contribution in [-0.4, -0.2) is 54.4 Å². The molecule has 1 unspecified atom stereocenters. The van der Waals surface area contributed by atoms with Gasteiger partial charge in [-0.1, -0.05) is 19.9 Å². The third-order valence-corrected chi connectivity index (χ3v) is 3.08. The zero-order chi connectivity index (χ0) is 14.1. The van der Waals surface area contributed by atoms with E-state index >= 15 is 0 Å². The van der Waals surface area contributed by atoms with Gasteiger partial charge in [-0.15, -0.1) is 0 Å². The van der Waals surface area contributed by atoms with Crippen LogP contribution in [0.15, 0.2) is 18.3 Å². The molecule has 0 aliphatic rings. The monoisotopic (exact) mass is 267 g/mol. The molecule has 0 spiro atoms.